The second-order valence-corrected chi connectivity index (χ2v) is 7.00. The van der Waals surface area contributed by atoms with E-state index in [1.165, 1.54) is 12.1 Å². The van der Waals surface area contributed by atoms with Crippen molar-refractivity contribution in [2.75, 3.05) is 13.1 Å². The lowest BCUT2D eigenvalue weighted by atomic mass is 10.1. The molecule has 3 aromatic rings. The van der Waals surface area contributed by atoms with E-state index in [1.54, 1.807) is 12.1 Å². The summed E-state index contributed by atoms with van der Waals surface area (Å²) in [5, 5.41) is 9.03. The van der Waals surface area contributed by atoms with Crippen molar-refractivity contribution in [1.82, 2.24) is 15.1 Å². The maximum Gasteiger partial charge on any atom is 0.253 e. The summed E-state index contributed by atoms with van der Waals surface area (Å²) in [6.45, 7) is 2.78. The number of hydrogen-bond donors (Lipinski definition) is 0. The molecule has 0 spiro atoms. The Hall–Kier alpha value is -2.44. The summed E-state index contributed by atoms with van der Waals surface area (Å²) in [5.74, 6) is 1.51. The van der Waals surface area contributed by atoms with Crippen molar-refractivity contribution in [3.05, 3.63) is 76.7 Å². The van der Waals surface area contributed by atoms with E-state index in [2.05, 4.69) is 15.1 Å². The molecule has 2 aromatic carbocycles. The van der Waals surface area contributed by atoms with Gasteiger partial charge in [-0.1, -0.05) is 29.8 Å². The lowest BCUT2D eigenvalue weighted by Gasteiger charge is -2.16. The maximum atomic E-state index is 12.9. The molecule has 0 bridgehead atoms. The van der Waals surface area contributed by atoms with E-state index in [1.807, 2.05) is 24.3 Å². The normalized spacial score (nSPS) is 17.3. The molecule has 140 valence electrons. The molecule has 0 aliphatic carbocycles. The van der Waals surface area contributed by atoms with Gasteiger partial charge >= 0.3 is 0 Å². The van der Waals surface area contributed by atoms with Crippen LogP contribution in [-0.4, -0.2) is 28.2 Å². The standard InChI is InChI=1S/C20H19ClFN3O2/c21-18-4-2-1-3-14(18)11-25-10-9-15(12-25)20-24-23-19(27-20)13-26-17-7-5-16(22)6-8-17/h1-8,15H,9-13H2/t15-/m0/s1. The third-order valence-electron chi connectivity index (χ3n) is 4.63. The molecule has 0 radical (unpaired) electrons. The Bertz CT molecular complexity index is 900. The van der Waals surface area contributed by atoms with Crippen LogP contribution in [0.1, 0.15) is 29.7 Å². The van der Waals surface area contributed by atoms with Crippen LogP contribution < -0.4 is 4.74 Å². The Morgan fingerprint density at radius 2 is 1.96 bits per heavy atom. The van der Waals surface area contributed by atoms with Gasteiger partial charge in [-0.15, -0.1) is 10.2 Å². The minimum atomic E-state index is -0.301. The first-order chi connectivity index (χ1) is 13.2. The zero-order valence-electron chi connectivity index (χ0n) is 14.6. The zero-order chi connectivity index (χ0) is 18.6. The van der Waals surface area contributed by atoms with Gasteiger partial charge in [0, 0.05) is 18.1 Å². The Balaban J connectivity index is 1.32. The SMILES string of the molecule is Fc1ccc(OCc2nnc([C@H]3CCN(Cc4ccccc4Cl)C3)o2)cc1. The molecule has 0 unspecified atom stereocenters. The summed E-state index contributed by atoms with van der Waals surface area (Å²) in [6.07, 6.45) is 0.963. The van der Waals surface area contributed by atoms with Gasteiger partial charge in [-0.2, -0.15) is 0 Å². The predicted molar refractivity (Wildman–Crippen MR) is 99.1 cm³/mol. The van der Waals surface area contributed by atoms with Crippen LogP contribution in [0.4, 0.5) is 4.39 Å². The van der Waals surface area contributed by atoms with E-state index in [0.29, 0.717) is 17.5 Å². The van der Waals surface area contributed by atoms with E-state index in [4.69, 9.17) is 20.8 Å². The van der Waals surface area contributed by atoms with Crippen molar-refractivity contribution < 1.29 is 13.5 Å². The fourth-order valence-corrected chi connectivity index (χ4v) is 3.41. The smallest absolute Gasteiger partial charge is 0.253 e. The molecule has 0 N–H and O–H groups in total. The van der Waals surface area contributed by atoms with Crippen LogP contribution in [0, 0.1) is 5.82 Å². The number of benzene rings is 2. The fourth-order valence-electron chi connectivity index (χ4n) is 3.21. The Kier molecular flexibility index (Phi) is 5.36. The maximum absolute atomic E-state index is 12.9. The van der Waals surface area contributed by atoms with Crippen LogP contribution in [0.15, 0.2) is 52.9 Å². The van der Waals surface area contributed by atoms with Crippen molar-refractivity contribution in [2.45, 2.75) is 25.5 Å². The van der Waals surface area contributed by atoms with Gasteiger partial charge in [-0.3, -0.25) is 4.90 Å². The lowest BCUT2D eigenvalue weighted by molar-refractivity contribution is 0.255. The molecule has 1 aliphatic rings. The molecule has 0 saturated carbocycles. The highest BCUT2D eigenvalue weighted by atomic mass is 35.5. The second kappa shape index (κ2) is 8.06. The molecule has 1 aliphatic heterocycles. The minimum absolute atomic E-state index is 0.161. The Morgan fingerprint density at radius 1 is 1.15 bits per heavy atom. The van der Waals surface area contributed by atoms with Crippen molar-refractivity contribution in [1.29, 1.82) is 0 Å². The molecule has 0 amide bonds. The predicted octanol–water partition coefficient (Wildman–Crippen LogP) is 4.43. The van der Waals surface area contributed by atoms with Gasteiger partial charge in [-0.05, 0) is 48.9 Å². The molecular formula is C20H19ClFN3O2. The van der Waals surface area contributed by atoms with Gasteiger partial charge in [-0.25, -0.2) is 4.39 Å². The second-order valence-electron chi connectivity index (χ2n) is 6.59. The number of aromatic nitrogens is 2. The lowest BCUT2D eigenvalue weighted by Crippen LogP contribution is -2.20. The van der Waals surface area contributed by atoms with Gasteiger partial charge in [0.25, 0.3) is 5.89 Å². The highest BCUT2D eigenvalue weighted by Gasteiger charge is 2.28. The molecule has 7 heteroatoms. The first kappa shape index (κ1) is 17.9. The van der Waals surface area contributed by atoms with E-state index in [0.717, 1.165) is 36.6 Å². The molecule has 2 heterocycles. The Morgan fingerprint density at radius 3 is 2.78 bits per heavy atom. The van der Waals surface area contributed by atoms with Crippen LogP contribution in [0.3, 0.4) is 0 Å². The van der Waals surface area contributed by atoms with E-state index >= 15 is 0 Å². The van der Waals surface area contributed by atoms with Crippen LogP contribution in [0.25, 0.3) is 0 Å². The Labute approximate surface area is 161 Å². The molecule has 5 nitrogen and oxygen atoms in total. The first-order valence-electron chi connectivity index (χ1n) is 8.84. The summed E-state index contributed by atoms with van der Waals surface area (Å²) in [6, 6.07) is 13.7. The zero-order valence-corrected chi connectivity index (χ0v) is 15.4. The van der Waals surface area contributed by atoms with Gasteiger partial charge in [0.2, 0.25) is 5.89 Å². The van der Waals surface area contributed by atoms with Crippen molar-refractivity contribution in [2.24, 2.45) is 0 Å². The van der Waals surface area contributed by atoms with Crippen LogP contribution in [-0.2, 0) is 13.2 Å². The molecule has 1 atom stereocenters. The summed E-state index contributed by atoms with van der Waals surface area (Å²) in [5.41, 5.74) is 1.12. The van der Waals surface area contributed by atoms with Crippen LogP contribution in [0.2, 0.25) is 5.02 Å². The van der Waals surface area contributed by atoms with Gasteiger partial charge in [0.15, 0.2) is 6.61 Å². The number of likely N-dealkylation sites (tertiary alicyclic amines) is 1. The quantitative estimate of drug-likeness (QED) is 0.626. The van der Waals surface area contributed by atoms with Gasteiger partial charge < -0.3 is 9.15 Å². The highest BCUT2D eigenvalue weighted by Crippen LogP contribution is 2.28. The number of halogens is 2. The van der Waals surface area contributed by atoms with Crippen LogP contribution >= 0.6 is 11.6 Å². The molecule has 1 aromatic heterocycles. The highest BCUT2D eigenvalue weighted by molar-refractivity contribution is 6.31. The number of rotatable bonds is 6. The monoisotopic (exact) mass is 387 g/mol. The number of hydrogen-bond acceptors (Lipinski definition) is 5. The average molecular weight is 388 g/mol. The number of ether oxygens (including phenoxy) is 1. The fraction of sp³-hybridized carbons (Fsp3) is 0.300. The van der Waals surface area contributed by atoms with E-state index in [-0.39, 0.29) is 18.3 Å². The third kappa shape index (κ3) is 4.46. The molecule has 4 rings (SSSR count). The largest absolute Gasteiger partial charge is 0.484 e. The number of nitrogens with zero attached hydrogens (tertiary/aromatic N) is 3. The first-order valence-corrected chi connectivity index (χ1v) is 9.21. The average Bonchev–Trinajstić information content (AvgIpc) is 3.32. The van der Waals surface area contributed by atoms with E-state index < -0.39 is 0 Å². The third-order valence-corrected chi connectivity index (χ3v) is 5.00. The topological polar surface area (TPSA) is 51.4 Å². The van der Waals surface area contributed by atoms with E-state index in [9.17, 15) is 4.39 Å². The van der Waals surface area contributed by atoms with Crippen LogP contribution in [0.5, 0.6) is 5.75 Å². The van der Waals surface area contributed by atoms with Gasteiger partial charge in [0.1, 0.15) is 11.6 Å². The van der Waals surface area contributed by atoms with Crippen molar-refractivity contribution in [3.8, 4) is 5.75 Å². The summed E-state index contributed by atoms with van der Waals surface area (Å²) < 4.78 is 24.2. The van der Waals surface area contributed by atoms with Crippen molar-refractivity contribution in [3.63, 3.8) is 0 Å². The van der Waals surface area contributed by atoms with Gasteiger partial charge in [0.05, 0.1) is 5.92 Å². The molecule has 1 saturated heterocycles. The molecular weight excluding hydrogens is 369 g/mol. The summed E-state index contributed by atoms with van der Waals surface area (Å²) in [4.78, 5) is 2.34. The molecule has 27 heavy (non-hydrogen) atoms. The summed E-state index contributed by atoms with van der Waals surface area (Å²) >= 11 is 6.25. The molecule has 1 fully saturated rings. The minimum Gasteiger partial charge on any atom is -0.484 e. The van der Waals surface area contributed by atoms with Crippen molar-refractivity contribution >= 4 is 11.6 Å². The summed E-state index contributed by atoms with van der Waals surface area (Å²) in [7, 11) is 0.